The lowest BCUT2D eigenvalue weighted by atomic mass is 10.1. The zero-order chi connectivity index (χ0) is 17.3. The molecule has 1 atom stereocenters. The lowest BCUT2D eigenvalue weighted by Crippen LogP contribution is -2.33. The lowest BCUT2D eigenvalue weighted by molar-refractivity contribution is -0.139. The number of carboxylic acid groups (broad SMARTS) is 1. The van der Waals surface area contributed by atoms with Gasteiger partial charge in [0.05, 0.1) is 17.3 Å². The van der Waals surface area contributed by atoms with E-state index < -0.39 is 22.0 Å². The highest BCUT2D eigenvalue weighted by atomic mass is 32.2. The first-order chi connectivity index (χ1) is 11.4. The van der Waals surface area contributed by atoms with Crippen LogP contribution in [0.4, 0.5) is 0 Å². The third-order valence-electron chi connectivity index (χ3n) is 3.45. The third-order valence-corrected chi connectivity index (χ3v) is 4.84. The molecule has 0 amide bonds. The first-order valence-electron chi connectivity index (χ1n) is 6.90. The standard InChI is InChI=1S/C15H13N3O5S/c1-9-12-7-11(8-16-14(12)23-17-9)24(21,22)18-13(15(19)20)10-5-3-2-4-6-10/h2-8,13,18H,1H3,(H,19,20)/t13-/m0/s1. The summed E-state index contributed by atoms with van der Waals surface area (Å²) in [6.07, 6.45) is 1.10. The van der Waals surface area contributed by atoms with Crippen LogP contribution in [0.3, 0.4) is 0 Å². The SMILES string of the molecule is Cc1noc2ncc(S(=O)(=O)N[C@H](C(=O)O)c3ccccc3)cc12. The second kappa shape index (κ2) is 6.02. The van der Waals surface area contributed by atoms with E-state index in [1.807, 2.05) is 0 Å². The van der Waals surface area contributed by atoms with Gasteiger partial charge in [-0.2, -0.15) is 4.72 Å². The van der Waals surface area contributed by atoms with Gasteiger partial charge in [-0.25, -0.2) is 13.4 Å². The molecule has 3 rings (SSSR count). The van der Waals surface area contributed by atoms with Crippen molar-refractivity contribution in [2.24, 2.45) is 0 Å². The predicted octanol–water partition coefficient (Wildman–Crippen LogP) is 1.64. The molecule has 0 saturated carbocycles. The van der Waals surface area contributed by atoms with Gasteiger partial charge in [0.1, 0.15) is 10.9 Å². The van der Waals surface area contributed by atoms with Gasteiger partial charge in [-0.1, -0.05) is 35.5 Å². The van der Waals surface area contributed by atoms with Crippen LogP contribution >= 0.6 is 0 Å². The second-order valence-corrected chi connectivity index (χ2v) is 6.81. The number of fused-ring (bicyclic) bond motifs is 1. The number of aromatic nitrogens is 2. The molecule has 9 heteroatoms. The molecule has 24 heavy (non-hydrogen) atoms. The molecule has 2 N–H and O–H groups in total. The molecule has 3 aromatic rings. The van der Waals surface area contributed by atoms with Crippen molar-refractivity contribution < 1.29 is 22.8 Å². The van der Waals surface area contributed by atoms with Crippen LogP contribution in [0.5, 0.6) is 0 Å². The normalized spacial score (nSPS) is 13.0. The first-order valence-corrected chi connectivity index (χ1v) is 8.39. The van der Waals surface area contributed by atoms with Crippen molar-refractivity contribution in [3.05, 3.63) is 53.9 Å². The fourth-order valence-electron chi connectivity index (χ4n) is 2.20. The quantitative estimate of drug-likeness (QED) is 0.719. The molecule has 124 valence electrons. The van der Waals surface area contributed by atoms with E-state index >= 15 is 0 Å². The zero-order valence-corrected chi connectivity index (χ0v) is 13.3. The van der Waals surface area contributed by atoms with E-state index in [0.717, 1.165) is 6.20 Å². The van der Waals surface area contributed by atoms with Crippen molar-refractivity contribution >= 4 is 27.1 Å². The predicted molar refractivity (Wildman–Crippen MR) is 83.7 cm³/mol. The van der Waals surface area contributed by atoms with Crippen LogP contribution in [0.25, 0.3) is 11.1 Å². The van der Waals surface area contributed by atoms with Crippen molar-refractivity contribution in [3.63, 3.8) is 0 Å². The lowest BCUT2D eigenvalue weighted by Gasteiger charge is -2.15. The Balaban J connectivity index is 1.99. The molecule has 0 fully saturated rings. The Morgan fingerprint density at radius 1 is 1.29 bits per heavy atom. The molecule has 0 radical (unpaired) electrons. The number of rotatable bonds is 5. The Morgan fingerprint density at radius 3 is 2.67 bits per heavy atom. The molecule has 0 bridgehead atoms. The summed E-state index contributed by atoms with van der Waals surface area (Å²) in [6.45, 7) is 1.65. The number of aryl methyl sites for hydroxylation is 1. The monoisotopic (exact) mass is 347 g/mol. The maximum absolute atomic E-state index is 12.5. The summed E-state index contributed by atoms with van der Waals surface area (Å²) >= 11 is 0. The molecule has 2 aromatic heterocycles. The van der Waals surface area contributed by atoms with Gasteiger partial charge in [0.15, 0.2) is 0 Å². The van der Waals surface area contributed by atoms with Crippen LogP contribution in [-0.4, -0.2) is 29.6 Å². The molecule has 0 aliphatic carbocycles. The topological polar surface area (TPSA) is 122 Å². The highest BCUT2D eigenvalue weighted by molar-refractivity contribution is 7.89. The number of aliphatic carboxylic acids is 1. The Bertz CT molecular complexity index is 998. The molecule has 0 unspecified atom stereocenters. The maximum Gasteiger partial charge on any atom is 0.326 e. The van der Waals surface area contributed by atoms with E-state index in [1.54, 1.807) is 25.1 Å². The highest BCUT2D eigenvalue weighted by Gasteiger charge is 2.27. The molecular formula is C15H13N3O5S. The van der Waals surface area contributed by atoms with Crippen molar-refractivity contribution in [3.8, 4) is 0 Å². The van der Waals surface area contributed by atoms with Gasteiger partial charge in [-0.3, -0.25) is 4.79 Å². The van der Waals surface area contributed by atoms with Crippen LogP contribution in [0.1, 0.15) is 17.3 Å². The minimum absolute atomic E-state index is 0.163. The van der Waals surface area contributed by atoms with E-state index in [4.69, 9.17) is 4.52 Å². The summed E-state index contributed by atoms with van der Waals surface area (Å²) in [5.41, 5.74) is 1.03. The van der Waals surface area contributed by atoms with Crippen LogP contribution in [0.15, 0.2) is 52.0 Å². The minimum atomic E-state index is -4.10. The van der Waals surface area contributed by atoms with E-state index in [-0.39, 0.29) is 10.6 Å². The fourth-order valence-corrected chi connectivity index (χ4v) is 3.35. The average molecular weight is 347 g/mol. The summed E-state index contributed by atoms with van der Waals surface area (Å²) in [4.78, 5) is 15.2. The summed E-state index contributed by atoms with van der Waals surface area (Å²) in [6, 6.07) is 7.99. The minimum Gasteiger partial charge on any atom is -0.480 e. The van der Waals surface area contributed by atoms with E-state index in [0.29, 0.717) is 16.6 Å². The van der Waals surface area contributed by atoms with Crippen molar-refractivity contribution in [1.82, 2.24) is 14.9 Å². The molecule has 8 nitrogen and oxygen atoms in total. The number of carboxylic acids is 1. The number of hydrogen-bond acceptors (Lipinski definition) is 6. The Kier molecular flexibility index (Phi) is 4.04. The number of benzene rings is 1. The Hall–Kier alpha value is -2.78. The summed E-state index contributed by atoms with van der Waals surface area (Å²) in [5.74, 6) is -1.31. The number of pyridine rings is 1. The Morgan fingerprint density at radius 2 is 2.00 bits per heavy atom. The summed E-state index contributed by atoms with van der Waals surface area (Å²) < 4.78 is 32.2. The van der Waals surface area contributed by atoms with E-state index in [2.05, 4.69) is 14.9 Å². The van der Waals surface area contributed by atoms with E-state index in [9.17, 15) is 18.3 Å². The second-order valence-electron chi connectivity index (χ2n) is 5.09. The zero-order valence-electron chi connectivity index (χ0n) is 12.5. The van der Waals surface area contributed by atoms with Crippen molar-refractivity contribution in [2.75, 3.05) is 0 Å². The Labute approximate surface area is 137 Å². The van der Waals surface area contributed by atoms with Gasteiger partial charge in [0.2, 0.25) is 10.0 Å². The number of nitrogens with zero attached hydrogens (tertiary/aromatic N) is 2. The number of nitrogens with one attached hydrogen (secondary N) is 1. The smallest absolute Gasteiger partial charge is 0.326 e. The molecule has 0 aliphatic heterocycles. The van der Waals surface area contributed by atoms with Gasteiger partial charge >= 0.3 is 5.97 Å². The molecule has 0 saturated heterocycles. The third kappa shape index (κ3) is 2.99. The number of carbonyl (C=O) groups is 1. The molecule has 0 aliphatic rings. The molecule has 1 aromatic carbocycles. The van der Waals surface area contributed by atoms with Crippen LogP contribution < -0.4 is 4.72 Å². The maximum atomic E-state index is 12.5. The summed E-state index contributed by atoms with van der Waals surface area (Å²) in [7, 11) is -4.10. The summed E-state index contributed by atoms with van der Waals surface area (Å²) in [5, 5.41) is 13.5. The van der Waals surface area contributed by atoms with Crippen LogP contribution in [0.2, 0.25) is 0 Å². The van der Waals surface area contributed by atoms with Gasteiger partial charge in [0, 0.05) is 0 Å². The van der Waals surface area contributed by atoms with E-state index in [1.165, 1.54) is 18.2 Å². The van der Waals surface area contributed by atoms with Crippen LogP contribution in [-0.2, 0) is 14.8 Å². The number of sulfonamides is 1. The van der Waals surface area contributed by atoms with Gasteiger partial charge in [-0.05, 0) is 18.6 Å². The average Bonchev–Trinajstić information content (AvgIpc) is 2.94. The largest absolute Gasteiger partial charge is 0.480 e. The van der Waals surface area contributed by atoms with Gasteiger partial charge < -0.3 is 9.63 Å². The van der Waals surface area contributed by atoms with Crippen LogP contribution in [0, 0.1) is 6.92 Å². The highest BCUT2D eigenvalue weighted by Crippen LogP contribution is 2.22. The van der Waals surface area contributed by atoms with Gasteiger partial charge in [0.25, 0.3) is 5.71 Å². The molecule has 0 spiro atoms. The van der Waals surface area contributed by atoms with Crippen molar-refractivity contribution in [1.29, 1.82) is 0 Å². The first kappa shape index (κ1) is 16.1. The van der Waals surface area contributed by atoms with Crippen molar-refractivity contribution in [2.45, 2.75) is 17.9 Å². The molecule has 2 heterocycles. The molecular weight excluding hydrogens is 334 g/mol. The number of hydrogen-bond donors (Lipinski definition) is 2. The van der Waals surface area contributed by atoms with Gasteiger partial charge in [-0.15, -0.1) is 0 Å². The fraction of sp³-hybridized carbons (Fsp3) is 0.133.